The summed E-state index contributed by atoms with van der Waals surface area (Å²) in [7, 11) is 0. The van der Waals surface area contributed by atoms with Crippen molar-refractivity contribution >= 4 is 11.6 Å². The van der Waals surface area contributed by atoms with Crippen LogP contribution in [0.5, 0.6) is 0 Å². The van der Waals surface area contributed by atoms with Crippen LogP contribution >= 0.6 is 11.6 Å². The average Bonchev–Trinajstić information content (AvgIpc) is 2.86. The van der Waals surface area contributed by atoms with Crippen LogP contribution in [0, 0.1) is 0 Å². The van der Waals surface area contributed by atoms with Crippen LogP contribution in [0.25, 0.3) is 0 Å². The van der Waals surface area contributed by atoms with Gasteiger partial charge in [-0.2, -0.15) is 0 Å². The first-order valence-electron chi connectivity index (χ1n) is 6.45. The van der Waals surface area contributed by atoms with Gasteiger partial charge in [-0.15, -0.1) is 0 Å². The largest absolute Gasteiger partial charge is 0.271 e. The van der Waals surface area contributed by atoms with E-state index < -0.39 is 0 Å². The van der Waals surface area contributed by atoms with Crippen LogP contribution in [0.2, 0.25) is 5.02 Å². The molecular weight excluding hydrogens is 258 g/mol. The van der Waals surface area contributed by atoms with E-state index in [1.54, 1.807) is 0 Å². The zero-order chi connectivity index (χ0) is 13.2. The van der Waals surface area contributed by atoms with Gasteiger partial charge in [-0.05, 0) is 36.1 Å². The SMILES string of the molecule is NNC(c1ccccc1Cl)C1CCc2cccnc21. The summed E-state index contributed by atoms with van der Waals surface area (Å²) in [5.74, 6) is 6.05. The second-order valence-corrected chi connectivity index (χ2v) is 5.27. The molecule has 0 spiro atoms. The van der Waals surface area contributed by atoms with Crippen LogP contribution in [0.1, 0.15) is 35.2 Å². The molecule has 4 heteroatoms. The zero-order valence-electron chi connectivity index (χ0n) is 10.5. The van der Waals surface area contributed by atoms with Gasteiger partial charge in [0.25, 0.3) is 0 Å². The van der Waals surface area contributed by atoms with E-state index in [0.717, 1.165) is 29.1 Å². The highest BCUT2D eigenvalue weighted by molar-refractivity contribution is 6.31. The van der Waals surface area contributed by atoms with Crippen LogP contribution < -0.4 is 11.3 Å². The summed E-state index contributed by atoms with van der Waals surface area (Å²) >= 11 is 6.29. The first kappa shape index (κ1) is 12.6. The Bertz CT molecular complexity index is 585. The van der Waals surface area contributed by atoms with Crippen LogP contribution in [0.4, 0.5) is 0 Å². The molecule has 3 rings (SSSR count). The van der Waals surface area contributed by atoms with Crippen molar-refractivity contribution in [2.24, 2.45) is 5.84 Å². The van der Waals surface area contributed by atoms with Gasteiger partial charge >= 0.3 is 0 Å². The zero-order valence-corrected chi connectivity index (χ0v) is 11.3. The second-order valence-electron chi connectivity index (χ2n) is 4.86. The lowest BCUT2D eigenvalue weighted by Crippen LogP contribution is -2.32. The third-order valence-electron chi connectivity index (χ3n) is 3.82. The normalized spacial score (nSPS) is 19.2. The molecule has 0 bridgehead atoms. The smallest absolute Gasteiger partial charge is 0.0558 e. The minimum absolute atomic E-state index is 0.00449. The van der Waals surface area contributed by atoms with Crippen LogP contribution in [-0.4, -0.2) is 4.98 Å². The van der Waals surface area contributed by atoms with Crippen molar-refractivity contribution in [2.75, 3.05) is 0 Å². The van der Waals surface area contributed by atoms with Crippen LogP contribution in [0.15, 0.2) is 42.6 Å². The van der Waals surface area contributed by atoms with Gasteiger partial charge in [0, 0.05) is 22.8 Å². The molecule has 0 aliphatic heterocycles. The van der Waals surface area contributed by atoms with Crippen molar-refractivity contribution in [2.45, 2.75) is 24.8 Å². The lowest BCUT2D eigenvalue weighted by molar-refractivity contribution is 0.447. The number of aryl methyl sites for hydroxylation is 1. The molecule has 98 valence electrons. The molecule has 3 N–H and O–H groups in total. The lowest BCUT2D eigenvalue weighted by atomic mass is 9.91. The number of hydrogen-bond donors (Lipinski definition) is 2. The Kier molecular flexibility index (Phi) is 3.51. The van der Waals surface area contributed by atoms with Gasteiger partial charge in [-0.25, -0.2) is 0 Å². The molecule has 2 unspecified atom stereocenters. The quantitative estimate of drug-likeness (QED) is 0.668. The van der Waals surface area contributed by atoms with Gasteiger partial charge in [0.1, 0.15) is 0 Å². The third-order valence-corrected chi connectivity index (χ3v) is 4.17. The van der Waals surface area contributed by atoms with Gasteiger partial charge in [-0.1, -0.05) is 35.9 Å². The summed E-state index contributed by atoms with van der Waals surface area (Å²) in [5.41, 5.74) is 6.42. The molecule has 2 aromatic rings. The van der Waals surface area contributed by atoms with E-state index in [2.05, 4.69) is 16.5 Å². The summed E-state index contributed by atoms with van der Waals surface area (Å²) in [6.45, 7) is 0. The maximum Gasteiger partial charge on any atom is 0.0558 e. The second kappa shape index (κ2) is 5.29. The highest BCUT2D eigenvalue weighted by Gasteiger charge is 2.32. The number of hydrazine groups is 1. The number of aromatic nitrogens is 1. The van der Waals surface area contributed by atoms with E-state index in [4.69, 9.17) is 17.4 Å². The van der Waals surface area contributed by atoms with Gasteiger partial charge in [0.05, 0.1) is 6.04 Å². The molecule has 1 aliphatic carbocycles. The first-order valence-corrected chi connectivity index (χ1v) is 6.83. The lowest BCUT2D eigenvalue weighted by Gasteiger charge is -2.24. The van der Waals surface area contributed by atoms with Crippen molar-refractivity contribution in [3.05, 3.63) is 64.4 Å². The summed E-state index contributed by atoms with van der Waals surface area (Å²) < 4.78 is 0. The van der Waals surface area contributed by atoms with Crippen molar-refractivity contribution in [1.82, 2.24) is 10.4 Å². The topological polar surface area (TPSA) is 50.9 Å². The first-order chi connectivity index (χ1) is 9.31. The predicted molar refractivity (Wildman–Crippen MR) is 76.8 cm³/mol. The molecular formula is C15H16ClN3. The van der Waals surface area contributed by atoms with Crippen molar-refractivity contribution in [3.8, 4) is 0 Å². The number of nitrogens with zero attached hydrogens (tertiary/aromatic N) is 1. The number of halogens is 1. The highest BCUT2D eigenvalue weighted by atomic mass is 35.5. The number of pyridine rings is 1. The number of benzene rings is 1. The summed E-state index contributed by atoms with van der Waals surface area (Å²) in [6.07, 6.45) is 3.94. The fourth-order valence-electron chi connectivity index (χ4n) is 2.92. The Balaban J connectivity index is 1.99. The number of rotatable bonds is 3. The van der Waals surface area contributed by atoms with Crippen LogP contribution in [-0.2, 0) is 6.42 Å². The van der Waals surface area contributed by atoms with Gasteiger partial charge in [0.15, 0.2) is 0 Å². The van der Waals surface area contributed by atoms with Crippen molar-refractivity contribution in [3.63, 3.8) is 0 Å². The van der Waals surface area contributed by atoms with Gasteiger partial charge < -0.3 is 0 Å². The Morgan fingerprint density at radius 2 is 2.11 bits per heavy atom. The summed E-state index contributed by atoms with van der Waals surface area (Å²) in [5, 5.41) is 0.745. The molecule has 0 saturated carbocycles. The summed E-state index contributed by atoms with van der Waals surface area (Å²) in [6, 6.07) is 12.0. The minimum Gasteiger partial charge on any atom is -0.271 e. The maximum absolute atomic E-state index is 6.29. The number of hydrogen-bond acceptors (Lipinski definition) is 3. The van der Waals surface area contributed by atoms with E-state index in [1.807, 2.05) is 36.5 Å². The minimum atomic E-state index is 0.00449. The molecule has 0 saturated heterocycles. The van der Waals surface area contributed by atoms with Crippen molar-refractivity contribution < 1.29 is 0 Å². The Morgan fingerprint density at radius 3 is 2.89 bits per heavy atom. The maximum atomic E-state index is 6.29. The molecule has 0 fully saturated rings. The molecule has 1 aromatic heterocycles. The molecule has 1 heterocycles. The Hall–Kier alpha value is -1.42. The van der Waals surface area contributed by atoms with E-state index >= 15 is 0 Å². The Labute approximate surface area is 117 Å². The monoisotopic (exact) mass is 273 g/mol. The third kappa shape index (κ3) is 2.25. The van der Waals surface area contributed by atoms with E-state index in [-0.39, 0.29) is 12.0 Å². The van der Waals surface area contributed by atoms with Crippen molar-refractivity contribution in [1.29, 1.82) is 0 Å². The van der Waals surface area contributed by atoms with Gasteiger partial charge in [0.2, 0.25) is 0 Å². The molecule has 0 amide bonds. The van der Waals surface area contributed by atoms with Crippen LogP contribution in [0.3, 0.4) is 0 Å². The predicted octanol–water partition coefficient (Wildman–Crippen LogP) is 2.97. The Morgan fingerprint density at radius 1 is 1.26 bits per heavy atom. The van der Waals surface area contributed by atoms with E-state index in [1.165, 1.54) is 5.56 Å². The fourth-order valence-corrected chi connectivity index (χ4v) is 3.17. The molecule has 19 heavy (non-hydrogen) atoms. The number of fused-ring (bicyclic) bond motifs is 1. The summed E-state index contributed by atoms with van der Waals surface area (Å²) in [4.78, 5) is 4.53. The van der Waals surface area contributed by atoms with E-state index in [0.29, 0.717) is 0 Å². The van der Waals surface area contributed by atoms with Gasteiger partial charge in [-0.3, -0.25) is 16.3 Å². The highest BCUT2D eigenvalue weighted by Crippen LogP contribution is 2.41. The molecule has 3 nitrogen and oxygen atoms in total. The molecule has 1 aromatic carbocycles. The molecule has 2 atom stereocenters. The average molecular weight is 274 g/mol. The number of nitrogens with one attached hydrogen (secondary N) is 1. The molecule has 1 aliphatic rings. The van der Waals surface area contributed by atoms with E-state index in [9.17, 15) is 0 Å². The number of nitrogens with two attached hydrogens (primary N) is 1. The molecule has 0 radical (unpaired) electrons. The fraction of sp³-hybridized carbons (Fsp3) is 0.267. The standard InChI is InChI=1S/C15H16ClN3/c16-13-6-2-1-5-11(13)15(19-17)12-8-7-10-4-3-9-18-14(10)12/h1-6,9,12,15,19H,7-8,17H2.